The van der Waals surface area contributed by atoms with Crippen LogP contribution in [0.4, 0.5) is 0 Å². The van der Waals surface area contributed by atoms with Crippen LogP contribution < -0.4 is 10.1 Å². The van der Waals surface area contributed by atoms with Gasteiger partial charge in [-0.2, -0.15) is 28.6 Å². The molecule has 1 N–H and O–H groups in total. The lowest BCUT2D eigenvalue weighted by atomic mass is 10.1. The van der Waals surface area contributed by atoms with Gasteiger partial charge >= 0.3 is 0 Å². The maximum Gasteiger partial charge on any atom is 0.161 e. The van der Waals surface area contributed by atoms with E-state index in [-0.39, 0.29) is 0 Å². The molecule has 0 amide bonds. The number of aryl methyl sites for hydroxylation is 1. The highest BCUT2D eigenvalue weighted by atomic mass is 32.2. The maximum atomic E-state index is 5.58. The largest absolute Gasteiger partial charge is 0.493 e. The van der Waals surface area contributed by atoms with Gasteiger partial charge in [-0.3, -0.25) is 4.68 Å². The molecule has 1 aromatic heterocycles. The lowest BCUT2D eigenvalue weighted by Crippen LogP contribution is -2.36. The molecule has 0 bridgehead atoms. The first kappa shape index (κ1) is 17.0. The first-order chi connectivity index (χ1) is 10.3. The van der Waals surface area contributed by atoms with Gasteiger partial charge in [-0.1, -0.05) is 13.8 Å². The summed E-state index contributed by atoms with van der Waals surface area (Å²) < 4.78 is 7.72. The number of ether oxygens (including phenoxy) is 1. The first-order valence-electron chi connectivity index (χ1n) is 7.84. The highest BCUT2D eigenvalue weighted by molar-refractivity contribution is 8.06. The third kappa shape index (κ3) is 4.33. The Kier molecular flexibility index (Phi) is 7.26. The quantitative estimate of drug-likeness (QED) is 0.793. The smallest absolute Gasteiger partial charge is 0.161 e. The number of rotatable bonds is 8. The van der Waals surface area contributed by atoms with Gasteiger partial charge in [0.25, 0.3) is 0 Å². The standard InChI is InChI=1S/C15H27N3OS2/c1-4-6-16-14(13-11-20-8-9-21-13)15-12(19-3)10-17-18(15)7-5-2/h10,13-14,16H,4-9,11H2,1-3H3. The summed E-state index contributed by atoms with van der Waals surface area (Å²) in [4.78, 5) is 0. The summed E-state index contributed by atoms with van der Waals surface area (Å²) in [5, 5.41) is 8.87. The van der Waals surface area contributed by atoms with Crippen molar-refractivity contribution in [2.75, 3.05) is 30.9 Å². The van der Waals surface area contributed by atoms with E-state index >= 15 is 0 Å². The lowest BCUT2D eigenvalue weighted by Gasteiger charge is -2.31. The van der Waals surface area contributed by atoms with Crippen LogP contribution in [-0.2, 0) is 6.54 Å². The lowest BCUT2D eigenvalue weighted by molar-refractivity contribution is 0.388. The molecule has 2 rings (SSSR count). The predicted octanol–water partition coefficient (Wildman–Crippen LogP) is 3.19. The normalized spacial score (nSPS) is 20.4. The molecule has 1 aromatic rings. The van der Waals surface area contributed by atoms with Crippen molar-refractivity contribution in [2.24, 2.45) is 0 Å². The van der Waals surface area contributed by atoms with E-state index in [9.17, 15) is 0 Å². The number of nitrogens with zero attached hydrogens (tertiary/aromatic N) is 2. The summed E-state index contributed by atoms with van der Waals surface area (Å²) >= 11 is 4.15. The Morgan fingerprint density at radius 1 is 1.43 bits per heavy atom. The first-order valence-corrected chi connectivity index (χ1v) is 10.0. The summed E-state index contributed by atoms with van der Waals surface area (Å²) in [5.41, 5.74) is 1.23. The van der Waals surface area contributed by atoms with Crippen molar-refractivity contribution in [1.29, 1.82) is 0 Å². The predicted molar refractivity (Wildman–Crippen MR) is 93.7 cm³/mol. The van der Waals surface area contributed by atoms with Crippen LogP contribution in [0.5, 0.6) is 5.75 Å². The molecule has 0 radical (unpaired) electrons. The minimum atomic E-state index is 0.326. The van der Waals surface area contributed by atoms with Crippen LogP contribution >= 0.6 is 23.5 Å². The zero-order valence-corrected chi connectivity index (χ0v) is 14.9. The van der Waals surface area contributed by atoms with Gasteiger partial charge in [0.05, 0.1) is 25.0 Å². The van der Waals surface area contributed by atoms with Gasteiger partial charge in [-0.05, 0) is 19.4 Å². The molecule has 1 aliphatic rings. The van der Waals surface area contributed by atoms with Gasteiger partial charge in [0.1, 0.15) is 0 Å². The highest BCUT2D eigenvalue weighted by Gasteiger charge is 2.30. The van der Waals surface area contributed by atoms with Gasteiger partial charge in [-0.15, -0.1) is 0 Å². The van der Waals surface area contributed by atoms with Crippen molar-refractivity contribution in [1.82, 2.24) is 15.1 Å². The van der Waals surface area contributed by atoms with Crippen LogP contribution in [0.1, 0.15) is 38.4 Å². The Labute approximate surface area is 136 Å². The van der Waals surface area contributed by atoms with Gasteiger partial charge in [-0.25, -0.2) is 0 Å². The molecule has 0 aliphatic carbocycles. The fourth-order valence-electron chi connectivity index (χ4n) is 2.64. The molecule has 2 heterocycles. The van der Waals surface area contributed by atoms with E-state index in [1.54, 1.807) is 7.11 Å². The number of methoxy groups -OCH3 is 1. The molecule has 0 saturated carbocycles. The van der Waals surface area contributed by atoms with Crippen molar-refractivity contribution in [3.63, 3.8) is 0 Å². The Hall–Kier alpha value is -0.330. The molecule has 120 valence electrons. The molecule has 0 spiro atoms. The number of hydrogen-bond donors (Lipinski definition) is 1. The fraction of sp³-hybridized carbons (Fsp3) is 0.800. The van der Waals surface area contributed by atoms with Crippen molar-refractivity contribution in [2.45, 2.75) is 44.5 Å². The van der Waals surface area contributed by atoms with E-state index in [1.165, 1.54) is 23.0 Å². The third-order valence-electron chi connectivity index (χ3n) is 3.62. The fourth-order valence-corrected chi connectivity index (χ4v) is 5.48. The van der Waals surface area contributed by atoms with Crippen LogP contribution in [-0.4, -0.2) is 45.9 Å². The molecular formula is C15H27N3OS2. The molecule has 4 nitrogen and oxygen atoms in total. The third-order valence-corrected chi connectivity index (χ3v) is 6.49. The molecule has 1 saturated heterocycles. The van der Waals surface area contributed by atoms with E-state index in [0.29, 0.717) is 11.3 Å². The van der Waals surface area contributed by atoms with E-state index in [4.69, 9.17) is 4.74 Å². The van der Waals surface area contributed by atoms with Crippen LogP contribution in [0, 0.1) is 0 Å². The minimum absolute atomic E-state index is 0.326. The van der Waals surface area contributed by atoms with E-state index < -0.39 is 0 Å². The molecule has 2 atom stereocenters. The molecule has 2 unspecified atom stereocenters. The minimum Gasteiger partial charge on any atom is -0.493 e. The van der Waals surface area contributed by atoms with Gasteiger partial charge in [0, 0.05) is 29.1 Å². The Morgan fingerprint density at radius 3 is 2.90 bits per heavy atom. The van der Waals surface area contributed by atoms with Gasteiger partial charge in [0.15, 0.2) is 5.75 Å². The van der Waals surface area contributed by atoms with Crippen molar-refractivity contribution in [3.05, 3.63) is 11.9 Å². The second-order valence-electron chi connectivity index (χ2n) is 5.24. The zero-order valence-electron chi connectivity index (χ0n) is 13.3. The van der Waals surface area contributed by atoms with Gasteiger partial charge < -0.3 is 10.1 Å². The van der Waals surface area contributed by atoms with E-state index in [2.05, 4.69) is 52.5 Å². The molecule has 6 heteroatoms. The Balaban J connectivity index is 2.27. The average Bonchev–Trinajstić information content (AvgIpc) is 2.92. The maximum absolute atomic E-state index is 5.58. The summed E-state index contributed by atoms with van der Waals surface area (Å²) in [6.45, 7) is 6.39. The zero-order chi connectivity index (χ0) is 15.1. The SMILES string of the molecule is CCCNC(c1c(OC)cnn1CCC)C1CSCCS1. The second kappa shape index (κ2) is 8.96. The summed E-state index contributed by atoms with van der Waals surface area (Å²) in [6, 6.07) is 0.326. The number of nitrogens with one attached hydrogen (secondary N) is 1. The molecular weight excluding hydrogens is 302 g/mol. The molecule has 0 aromatic carbocycles. The van der Waals surface area contributed by atoms with E-state index in [0.717, 1.165) is 31.7 Å². The highest BCUT2D eigenvalue weighted by Crippen LogP contribution is 2.37. The van der Waals surface area contributed by atoms with Crippen molar-refractivity contribution < 1.29 is 4.74 Å². The van der Waals surface area contributed by atoms with Crippen molar-refractivity contribution >= 4 is 23.5 Å². The number of thioether (sulfide) groups is 2. The van der Waals surface area contributed by atoms with Crippen LogP contribution in [0.3, 0.4) is 0 Å². The monoisotopic (exact) mass is 329 g/mol. The summed E-state index contributed by atoms with van der Waals surface area (Å²) in [5.74, 6) is 4.64. The van der Waals surface area contributed by atoms with Gasteiger partial charge in [0.2, 0.25) is 0 Å². The molecule has 1 aliphatic heterocycles. The molecule has 21 heavy (non-hydrogen) atoms. The molecule has 1 fully saturated rings. The summed E-state index contributed by atoms with van der Waals surface area (Å²) in [6.07, 6.45) is 4.10. The number of aromatic nitrogens is 2. The van der Waals surface area contributed by atoms with E-state index in [1.807, 2.05) is 6.20 Å². The Morgan fingerprint density at radius 2 is 2.29 bits per heavy atom. The van der Waals surface area contributed by atoms with Crippen LogP contribution in [0.25, 0.3) is 0 Å². The van der Waals surface area contributed by atoms with Crippen LogP contribution in [0.2, 0.25) is 0 Å². The topological polar surface area (TPSA) is 39.1 Å². The second-order valence-corrected chi connectivity index (χ2v) is 7.73. The number of hydrogen-bond acceptors (Lipinski definition) is 5. The summed E-state index contributed by atoms with van der Waals surface area (Å²) in [7, 11) is 1.75. The van der Waals surface area contributed by atoms with Crippen LogP contribution in [0.15, 0.2) is 6.20 Å². The Bertz CT molecular complexity index is 419. The van der Waals surface area contributed by atoms with Crippen molar-refractivity contribution in [3.8, 4) is 5.75 Å². The average molecular weight is 330 g/mol.